The van der Waals surface area contributed by atoms with Gasteiger partial charge in [0.15, 0.2) is 0 Å². The Hall–Kier alpha value is -2.47. The molecule has 2 aromatic rings. The number of anilines is 2. The topological polar surface area (TPSA) is 67.4 Å². The summed E-state index contributed by atoms with van der Waals surface area (Å²) >= 11 is 1.61. The van der Waals surface area contributed by atoms with Gasteiger partial charge in [-0.15, -0.1) is 11.8 Å². The molecule has 6 heteroatoms. The Morgan fingerprint density at radius 1 is 1.04 bits per heavy atom. The summed E-state index contributed by atoms with van der Waals surface area (Å²) in [6, 6.07) is 14.6. The number of nitrogens with one attached hydrogen (secondary N) is 2. The fourth-order valence-electron chi connectivity index (χ4n) is 2.14. The number of benzene rings is 2. The number of thioether (sulfide) groups is 1. The predicted octanol–water partition coefficient (Wildman–Crippen LogP) is 3.64. The Morgan fingerprint density at radius 3 is 2.42 bits per heavy atom. The summed E-state index contributed by atoms with van der Waals surface area (Å²) in [6.45, 7) is 2.13. The molecule has 126 valence electrons. The van der Waals surface area contributed by atoms with Crippen LogP contribution in [0, 0.1) is 0 Å². The molecule has 0 spiro atoms. The fraction of sp³-hybridized carbons (Fsp3) is 0.222. The number of ether oxygens (including phenoxy) is 1. The standard InChI is InChI=1S/C18H20N2O3S/c1-3-23-18(22)13-8-4-5-9-14(13)20-17(21)12-19-15-10-6-7-11-16(15)24-2/h4-11,19H,3,12H2,1-2H3,(H,20,21). The second-order valence-corrected chi connectivity index (χ2v) is 5.72. The zero-order valence-corrected chi connectivity index (χ0v) is 14.5. The first-order valence-corrected chi connectivity index (χ1v) is 8.81. The van der Waals surface area contributed by atoms with Crippen molar-refractivity contribution in [3.05, 3.63) is 54.1 Å². The molecule has 0 aliphatic carbocycles. The van der Waals surface area contributed by atoms with Gasteiger partial charge in [-0.25, -0.2) is 4.79 Å². The van der Waals surface area contributed by atoms with Gasteiger partial charge >= 0.3 is 5.97 Å². The number of hydrogen-bond donors (Lipinski definition) is 2. The Bertz CT molecular complexity index is 719. The normalized spacial score (nSPS) is 10.1. The summed E-state index contributed by atoms with van der Waals surface area (Å²) in [5.74, 6) is -0.684. The average molecular weight is 344 g/mol. The highest BCUT2D eigenvalue weighted by molar-refractivity contribution is 7.98. The highest BCUT2D eigenvalue weighted by Gasteiger charge is 2.14. The van der Waals surface area contributed by atoms with E-state index in [-0.39, 0.29) is 19.1 Å². The number of carbonyl (C=O) groups excluding carboxylic acids is 2. The third-order valence-electron chi connectivity index (χ3n) is 3.24. The first kappa shape index (κ1) is 17.9. The monoisotopic (exact) mass is 344 g/mol. The molecule has 24 heavy (non-hydrogen) atoms. The SMILES string of the molecule is CCOC(=O)c1ccccc1NC(=O)CNc1ccccc1SC. The van der Waals surface area contributed by atoms with Crippen LogP contribution in [0.1, 0.15) is 17.3 Å². The van der Waals surface area contributed by atoms with E-state index in [9.17, 15) is 9.59 Å². The van der Waals surface area contributed by atoms with Crippen LogP contribution in [-0.2, 0) is 9.53 Å². The van der Waals surface area contributed by atoms with Gasteiger partial charge in [-0.2, -0.15) is 0 Å². The molecular formula is C18H20N2O3S. The first-order valence-electron chi connectivity index (χ1n) is 7.58. The van der Waals surface area contributed by atoms with Crippen molar-refractivity contribution in [2.45, 2.75) is 11.8 Å². The molecule has 5 nitrogen and oxygen atoms in total. The van der Waals surface area contributed by atoms with Gasteiger partial charge < -0.3 is 15.4 Å². The predicted molar refractivity (Wildman–Crippen MR) is 97.7 cm³/mol. The second-order valence-electron chi connectivity index (χ2n) is 4.87. The number of esters is 1. The van der Waals surface area contributed by atoms with Gasteiger partial charge in [0.05, 0.1) is 24.4 Å². The summed E-state index contributed by atoms with van der Waals surface area (Å²) < 4.78 is 5.00. The lowest BCUT2D eigenvalue weighted by Gasteiger charge is -2.12. The Balaban J connectivity index is 2.01. The Kier molecular flexibility index (Phi) is 6.69. The number of hydrogen-bond acceptors (Lipinski definition) is 5. The number of rotatable bonds is 7. The molecule has 0 saturated carbocycles. The highest BCUT2D eigenvalue weighted by Crippen LogP contribution is 2.24. The van der Waals surface area contributed by atoms with Crippen LogP contribution in [-0.4, -0.2) is 31.3 Å². The minimum atomic E-state index is -0.450. The van der Waals surface area contributed by atoms with Crippen LogP contribution < -0.4 is 10.6 Å². The zero-order chi connectivity index (χ0) is 17.4. The lowest BCUT2D eigenvalue weighted by atomic mass is 10.2. The molecule has 2 aromatic carbocycles. The minimum Gasteiger partial charge on any atom is -0.462 e. The smallest absolute Gasteiger partial charge is 0.340 e. The van der Waals surface area contributed by atoms with Gasteiger partial charge in [-0.3, -0.25) is 4.79 Å². The maximum absolute atomic E-state index is 12.2. The van der Waals surface area contributed by atoms with Crippen LogP contribution in [0.2, 0.25) is 0 Å². The molecule has 2 rings (SSSR count). The molecule has 0 aromatic heterocycles. The summed E-state index contributed by atoms with van der Waals surface area (Å²) in [5.41, 5.74) is 1.69. The summed E-state index contributed by atoms with van der Waals surface area (Å²) in [7, 11) is 0. The van der Waals surface area contributed by atoms with Crippen LogP contribution in [0.5, 0.6) is 0 Å². The van der Waals surface area contributed by atoms with Crippen molar-refractivity contribution >= 4 is 35.0 Å². The van der Waals surface area contributed by atoms with E-state index in [4.69, 9.17) is 4.74 Å². The second kappa shape index (κ2) is 8.98. The quantitative estimate of drug-likeness (QED) is 0.593. The van der Waals surface area contributed by atoms with Gasteiger partial charge in [-0.1, -0.05) is 24.3 Å². The van der Waals surface area contributed by atoms with Gasteiger partial charge in [0, 0.05) is 10.6 Å². The molecule has 2 N–H and O–H groups in total. The van der Waals surface area contributed by atoms with Gasteiger partial charge in [0.1, 0.15) is 0 Å². The molecule has 0 aliphatic rings. The van der Waals surface area contributed by atoms with E-state index < -0.39 is 5.97 Å². The van der Waals surface area contributed by atoms with Crippen LogP contribution in [0.3, 0.4) is 0 Å². The number of para-hydroxylation sites is 2. The van der Waals surface area contributed by atoms with E-state index in [1.807, 2.05) is 30.5 Å². The fourth-order valence-corrected chi connectivity index (χ4v) is 2.71. The van der Waals surface area contributed by atoms with Crippen molar-refractivity contribution < 1.29 is 14.3 Å². The van der Waals surface area contributed by atoms with Gasteiger partial charge in [-0.05, 0) is 37.4 Å². The van der Waals surface area contributed by atoms with Crippen molar-refractivity contribution in [3.63, 3.8) is 0 Å². The molecular weight excluding hydrogens is 324 g/mol. The van der Waals surface area contributed by atoms with Crippen molar-refractivity contribution in [1.29, 1.82) is 0 Å². The summed E-state index contributed by atoms with van der Waals surface area (Å²) in [5, 5.41) is 5.86. The highest BCUT2D eigenvalue weighted by atomic mass is 32.2. The number of amides is 1. The van der Waals surface area contributed by atoms with E-state index in [0.29, 0.717) is 11.3 Å². The first-order chi connectivity index (χ1) is 11.7. The molecule has 0 heterocycles. The van der Waals surface area contributed by atoms with Gasteiger partial charge in [0.25, 0.3) is 0 Å². The van der Waals surface area contributed by atoms with E-state index >= 15 is 0 Å². The molecule has 1 amide bonds. The third-order valence-corrected chi connectivity index (χ3v) is 4.04. The molecule has 0 unspecified atom stereocenters. The summed E-state index contributed by atoms with van der Waals surface area (Å²) in [6.07, 6.45) is 1.98. The molecule has 0 radical (unpaired) electrons. The third kappa shape index (κ3) is 4.76. The van der Waals surface area contributed by atoms with E-state index in [1.54, 1.807) is 43.0 Å². The maximum atomic E-state index is 12.2. The molecule has 0 aliphatic heterocycles. The van der Waals surface area contributed by atoms with Crippen LogP contribution >= 0.6 is 11.8 Å². The maximum Gasteiger partial charge on any atom is 0.340 e. The van der Waals surface area contributed by atoms with Crippen LogP contribution in [0.25, 0.3) is 0 Å². The van der Waals surface area contributed by atoms with Crippen molar-refractivity contribution in [2.24, 2.45) is 0 Å². The molecule has 0 bridgehead atoms. The van der Waals surface area contributed by atoms with E-state index in [0.717, 1.165) is 10.6 Å². The molecule has 0 fully saturated rings. The minimum absolute atomic E-state index is 0.106. The lowest BCUT2D eigenvalue weighted by Crippen LogP contribution is -2.23. The molecule has 0 saturated heterocycles. The van der Waals surface area contributed by atoms with Crippen molar-refractivity contribution in [3.8, 4) is 0 Å². The van der Waals surface area contributed by atoms with Crippen LogP contribution in [0.4, 0.5) is 11.4 Å². The Labute approximate surface area is 145 Å². The summed E-state index contributed by atoms with van der Waals surface area (Å²) in [4.78, 5) is 25.2. The Morgan fingerprint density at radius 2 is 1.71 bits per heavy atom. The molecule has 0 atom stereocenters. The number of carbonyl (C=O) groups is 2. The van der Waals surface area contributed by atoms with Gasteiger partial charge in [0.2, 0.25) is 5.91 Å². The largest absolute Gasteiger partial charge is 0.462 e. The zero-order valence-electron chi connectivity index (χ0n) is 13.7. The van der Waals surface area contributed by atoms with Crippen molar-refractivity contribution in [1.82, 2.24) is 0 Å². The van der Waals surface area contributed by atoms with Crippen LogP contribution in [0.15, 0.2) is 53.4 Å². The van der Waals surface area contributed by atoms with E-state index in [1.165, 1.54) is 0 Å². The average Bonchev–Trinajstić information content (AvgIpc) is 2.61. The lowest BCUT2D eigenvalue weighted by molar-refractivity contribution is -0.114. The van der Waals surface area contributed by atoms with E-state index in [2.05, 4.69) is 10.6 Å². The van der Waals surface area contributed by atoms with Crippen molar-refractivity contribution in [2.75, 3.05) is 30.0 Å².